The summed E-state index contributed by atoms with van der Waals surface area (Å²) < 4.78 is 12.9. The zero-order chi connectivity index (χ0) is 20.9. The maximum atomic E-state index is 7.72. The summed E-state index contributed by atoms with van der Waals surface area (Å²) >= 11 is 12.7. The summed E-state index contributed by atoms with van der Waals surface area (Å²) in [5.41, 5.74) is 8.17. The van der Waals surface area contributed by atoms with Crippen LogP contribution >= 0.6 is 58.7 Å². The molecule has 1 aliphatic rings. The van der Waals surface area contributed by atoms with Gasteiger partial charge in [-0.05, 0) is 48.8 Å². The van der Waals surface area contributed by atoms with Crippen molar-refractivity contribution < 1.29 is 76.4 Å². The largest absolute Gasteiger partial charge is 1.00 e. The molecule has 2 aromatic rings. The van der Waals surface area contributed by atoms with Gasteiger partial charge < -0.3 is 15.9 Å². The maximum absolute atomic E-state index is 7.72. The summed E-state index contributed by atoms with van der Waals surface area (Å²) in [7, 11) is 0. The zero-order valence-electron chi connectivity index (χ0n) is 17.1. The molecule has 1 fully saturated rings. The Morgan fingerprint density at radius 2 is 1.90 bits per heavy atom. The molecule has 1 saturated carbocycles. The first-order chi connectivity index (χ1) is 13.8. The second-order valence-corrected chi connectivity index (χ2v) is 8.11. The van der Waals surface area contributed by atoms with Crippen LogP contribution in [0.1, 0.15) is 39.2 Å². The smallest absolute Gasteiger partial charge is 0.870 e. The van der Waals surface area contributed by atoms with Gasteiger partial charge in [0.15, 0.2) is 8.29 Å². The van der Waals surface area contributed by atoms with Crippen molar-refractivity contribution in [3.63, 3.8) is 0 Å². The number of nitrogens with one attached hydrogen (secondary N) is 2. The van der Waals surface area contributed by atoms with E-state index in [-0.39, 0.29) is 71.7 Å². The molecular weight excluding hydrogens is 518 g/mol. The first-order valence-electron chi connectivity index (χ1n) is 7.74. The van der Waals surface area contributed by atoms with Crippen molar-refractivity contribution in [2.45, 2.75) is 42.5 Å². The molecule has 0 spiro atoms. The van der Waals surface area contributed by atoms with Gasteiger partial charge in [-0.2, -0.15) is 5.10 Å². The number of nitrogens with two attached hydrogens (primary N) is 1. The van der Waals surface area contributed by atoms with E-state index in [1.54, 1.807) is 34.3 Å². The monoisotopic (exact) mass is 546 g/mol. The van der Waals surface area contributed by atoms with Gasteiger partial charge in [0.2, 0.25) is 0 Å². The number of terminal acetylenes is 1. The van der Waals surface area contributed by atoms with E-state index in [0.29, 0.717) is 6.04 Å². The predicted octanol–water partition coefficient (Wildman–Crippen LogP) is -2.23. The third-order valence-electron chi connectivity index (χ3n) is 2.90. The third kappa shape index (κ3) is 24.8. The van der Waals surface area contributed by atoms with Crippen LogP contribution in [-0.4, -0.2) is 31.9 Å². The summed E-state index contributed by atoms with van der Waals surface area (Å²) in [5.74, 6) is 8.94. The van der Waals surface area contributed by atoms with Gasteiger partial charge in [-0.15, -0.1) is 16.6 Å². The van der Waals surface area contributed by atoms with Crippen molar-refractivity contribution in [2.24, 2.45) is 5.73 Å². The number of hydrogen-bond donors (Lipinski definition) is 3. The van der Waals surface area contributed by atoms with E-state index in [0.717, 1.165) is 8.29 Å². The molecule has 15 heteroatoms. The average Bonchev–Trinajstić information content (AvgIpc) is 3.44. The second-order valence-electron chi connectivity index (χ2n) is 4.67. The van der Waals surface area contributed by atoms with Gasteiger partial charge in [0.05, 0.1) is 0 Å². The Kier molecular flexibility index (Phi) is 37.8. The van der Waals surface area contributed by atoms with E-state index in [1.807, 2.05) is 0 Å². The van der Waals surface area contributed by atoms with E-state index in [2.05, 4.69) is 78.9 Å². The Balaban J connectivity index is -0.0000000403. The fraction of sp³-hybridized carbons (Fsp3) is 0.375. The van der Waals surface area contributed by atoms with E-state index < -0.39 is 0 Å². The summed E-state index contributed by atoms with van der Waals surface area (Å²) in [4.78, 5) is 0. The molecule has 0 bridgehead atoms. The number of H-pyrrole nitrogens is 1. The van der Waals surface area contributed by atoms with Gasteiger partial charge in [-0.1, -0.05) is 41.9 Å². The van der Waals surface area contributed by atoms with Crippen LogP contribution in [0, 0.1) is 40.1 Å². The first kappa shape index (κ1) is 38.6. The van der Waals surface area contributed by atoms with Crippen LogP contribution in [-0.2, 0) is 0 Å². The van der Waals surface area contributed by atoms with E-state index >= 15 is 0 Å². The normalized spacial score (nSPS) is 10.6. The Bertz CT molecular complexity index is 839. The van der Waals surface area contributed by atoms with Crippen molar-refractivity contribution in [1.29, 1.82) is 0 Å². The molecular formula is C16H29ClN6Na2O2S4. The van der Waals surface area contributed by atoms with Crippen LogP contribution in [0.3, 0.4) is 0 Å². The molecule has 0 radical (unpaired) electrons. The van der Waals surface area contributed by atoms with E-state index in [4.69, 9.17) is 16.8 Å². The molecule has 31 heavy (non-hydrogen) atoms. The van der Waals surface area contributed by atoms with Crippen LogP contribution in [0.4, 0.5) is 0 Å². The van der Waals surface area contributed by atoms with Gasteiger partial charge in [0, 0.05) is 31.1 Å². The number of nitrogens with zero attached hydrogens (tertiary/aromatic N) is 3. The SMILES string of the molecule is C#CC#CC#CN.S=c1[nH]ncs1.[HH].[HH].[HH].[HH].[HH].[Na+].[Na+].[O-]Cl.[OH-].c1nnc(SNC2CCCCC2)s1. The fourth-order valence-corrected chi connectivity index (χ4v) is 3.67. The number of rotatable bonds is 3. The Morgan fingerprint density at radius 1 is 1.23 bits per heavy atom. The molecule has 5 N–H and O–H groups in total. The Labute approximate surface area is 256 Å². The zero-order valence-corrected chi connectivity index (χ0v) is 25.2. The van der Waals surface area contributed by atoms with Gasteiger partial charge in [0.1, 0.15) is 11.0 Å². The topological polar surface area (TPSA) is 146 Å². The van der Waals surface area contributed by atoms with Crippen molar-refractivity contribution in [2.75, 3.05) is 0 Å². The van der Waals surface area contributed by atoms with Crippen molar-refractivity contribution in [3.8, 4) is 36.1 Å². The van der Waals surface area contributed by atoms with Crippen LogP contribution in [0.5, 0.6) is 0 Å². The third-order valence-corrected chi connectivity index (χ3v) is 5.52. The molecule has 0 aliphatic heterocycles. The molecule has 1 aliphatic carbocycles. The van der Waals surface area contributed by atoms with Crippen LogP contribution in [0.25, 0.3) is 0 Å². The molecule has 2 heterocycles. The summed E-state index contributed by atoms with van der Waals surface area (Å²) in [6.45, 7) is 0. The minimum atomic E-state index is 0. The van der Waals surface area contributed by atoms with Gasteiger partial charge in [0.25, 0.3) is 0 Å². The molecule has 0 atom stereocenters. The minimum absolute atomic E-state index is 0. The maximum Gasteiger partial charge on any atom is 1.00 e. The van der Waals surface area contributed by atoms with Crippen LogP contribution in [0.15, 0.2) is 15.4 Å². The van der Waals surface area contributed by atoms with Crippen LogP contribution < -0.4 is 74.2 Å². The van der Waals surface area contributed by atoms with Gasteiger partial charge in [-0.3, -0.25) is 9.82 Å². The number of hydrogen-bond acceptors (Lipinski definition) is 11. The summed E-state index contributed by atoms with van der Waals surface area (Å²) in [5, 5.41) is 14.0. The standard InChI is InChI=1S/C8H13N3S2.C6H3N.C2H2N2S2.ClO.2Na.H2O.5H2/c1-2-4-7(5-3-1)11-13-8-10-9-6-12-8;1-2-3-4-5-6-7;5-2-4-3-1-6-2;1-2;;;;;;;;/h6-7,11H,1-5H2;1H,7H2;1H,(H,4,5);;;;1H2;5*1H/q;;;-1;2*+1;;;;;;/p-1. The Morgan fingerprint density at radius 3 is 2.32 bits per heavy atom. The van der Waals surface area contributed by atoms with E-state index in [1.165, 1.54) is 43.4 Å². The average molecular weight is 547 g/mol. The molecule has 0 unspecified atom stereocenters. The molecule has 0 saturated heterocycles. The second kappa shape index (κ2) is 30.3. The molecule has 2 aromatic heterocycles. The van der Waals surface area contributed by atoms with Crippen molar-refractivity contribution in [3.05, 3.63) is 15.0 Å². The first-order valence-corrected chi connectivity index (χ1v) is 11.0. The quantitative estimate of drug-likeness (QED) is 0.128. The van der Waals surface area contributed by atoms with Crippen molar-refractivity contribution >= 4 is 58.7 Å². The molecule has 8 nitrogen and oxygen atoms in total. The fourth-order valence-electron chi connectivity index (χ4n) is 1.84. The molecule has 0 aromatic carbocycles. The minimum Gasteiger partial charge on any atom is -0.870 e. The molecule has 3 rings (SSSR count). The van der Waals surface area contributed by atoms with E-state index in [9.17, 15) is 0 Å². The molecule has 0 amide bonds. The number of aromatic amines is 1. The number of halogens is 1. The number of aromatic nitrogens is 4. The summed E-state index contributed by atoms with van der Waals surface area (Å²) in [6.07, 6.45) is 11.5. The predicted molar refractivity (Wildman–Crippen MR) is 130 cm³/mol. The molecule has 168 valence electrons. The van der Waals surface area contributed by atoms with Crippen molar-refractivity contribution in [1.82, 2.24) is 25.1 Å². The van der Waals surface area contributed by atoms with Crippen LogP contribution in [0.2, 0.25) is 0 Å². The Hall–Kier alpha value is 0.340. The summed E-state index contributed by atoms with van der Waals surface area (Å²) in [6, 6.07) is 2.77. The van der Waals surface area contributed by atoms with Gasteiger partial charge in [-0.25, -0.2) is 11.9 Å². The van der Waals surface area contributed by atoms with Gasteiger partial charge >= 0.3 is 59.1 Å².